The van der Waals surface area contributed by atoms with Crippen molar-refractivity contribution in [3.05, 3.63) is 0 Å². The van der Waals surface area contributed by atoms with Gasteiger partial charge in [-0.25, -0.2) is 8.42 Å². The third-order valence-electron chi connectivity index (χ3n) is 5.08. The van der Waals surface area contributed by atoms with Gasteiger partial charge in [-0.15, -0.1) is 0 Å². The summed E-state index contributed by atoms with van der Waals surface area (Å²) >= 11 is 0. The number of hydrogen-bond donors (Lipinski definition) is 2. The third kappa shape index (κ3) is 4.58. The summed E-state index contributed by atoms with van der Waals surface area (Å²) in [7, 11) is -2.81. The van der Waals surface area contributed by atoms with E-state index >= 15 is 0 Å². The maximum atomic E-state index is 11.5. The third-order valence-corrected chi connectivity index (χ3v) is 6.91. The molecule has 4 aliphatic heterocycles. The Labute approximate surface area is 139 Å². The Morgan fingerprint density at radius 1 is 1.22 bits per heavy atom. The Kier molecular flexibility index (Phi) is 5.43. The number of guanidine groups is 1. The first-order valence-corrected chi connectivity index (χ1v) is 10.6. The molecule has 23 heavy (non-hydrogen) atoms. The predicted molar refractivity (Wildman–Crippen MR) is 92.5 cm³/mol. The number of sulfone groups is 1. The lowest BCUT2D eigenvalue weighted by Gasteiger charge is -2.47. The van der Waals surface area contributed by atoms with E-state index in [0.717, 1.165) is 32.0 Å². The summed E-state index contributed by atoms with van der Waals surface area (Å²) in [6, 6.07) is 0.549. The number of fused-ring (bicyclic) bond motifs is 3. The SMILES string of the molecule is CCNC(=NCC1CCS(=O)(=O)C1)NCC1CN2CCN1CC2. The van der Waals surface area contributed by atoms with Crippen molar-refractivity contribution < 1.29 is 8.42 Å². The number of nitrogens with one attached hydrogen (secondary N) is 2. The molecular formula is C15H29N5O2S. The van der Waals surface area contributed by atoms with Crippen LogP contribution in [0.25, 0.3) is 0 Å². The molecule has 0 aromatic rings. The Bertz CT molecular complexity index is 528. The van der Waals surface area contributed by atoms with Gasteiger partial charge in [0.2, 0.25) is 0 Å². The average molecular weight is 343 g/mol. The highest BCUT2D eigenvalue weighted by molar-refractivity contribution is 7.91. The first kappa shape index (κ1) is 17.0. The summed E-state index contributed by atoms with van der Waals surface area (Å²) in [5.41, 5.74) is 0. The van der Waals surface area contributed by atoms with E-state index in [1.807, 2.05) is 0 Å². The van der Waals surface area contributed by atoms with Gasteiger partial charge in [-0.2, -0.15) is 0 Å². The number of aliphatic imine (C=N–C) groups is 1. The van der Waals surface area contributed by atoms with Crippen LogP contribution in [0, 0.1) is 5.92 Å². The maximum absolute atomic E-state index is 11.5. The van der Waals surface area contributed by atoms with Crippen LogP contribution in [0.4, 0.5) is 0 Å². The molecule has 2 bridgehead atoms. The van der Waals surface area contributed by atoms with Gasteiger partial charge < -0.3 is 10.6 Å². The van der Waals surface area contributed by atoms with Gasteiger partial charge in [-0.3, -0.25) is 14.8 Å². The van der Waals surface area contributed by atoms with Gasteiger partial charge in [0.05, 0.1) is 11.5 Å². The maximum Gasteiger partial charge on any atom is 0.191 e. The first-order valence-electron chi connectivity index (χ1n) is 8.75. The van der Waals surface area contributed by atoms with Crippen LogP contribution in [0.1, 0.15) is 13.3 Å². The fourth-order valence-corrected chi connectivity index (χ4v) is 5.56. The number of hydrogen-bond acceptors (Lipinski definition) is 5. The molecule has 8 heteroatoms. The smallest absolute Gasteiger partial charge is 0.191 e. The van der Waals surface area contributed by atoms with E-state index in [1.165, 1.54) is 26.2 Å². The molecule has 4 saturated heterocycles. The molecule has 7 nitrogen and oxygen atoms in total. The largest absolute Gasteiger partial charge is 0.357 e. The van der Waals surface area contributed by atoms with Crippen molar-refractivity contribution in [1.82, 2.24) is 20.4 Å². The summed E-state index contributed by atoms with van der Waals surface area (Å²) in [6.07, 6.45) is 0.747. The second kappa shape index (κ2) is 7.36. The Hall–Kier alpha value is -0.860. The molecule has 132 valence electrons. The second-order valence-corrected chi connectivity index (χ2v) is 9.09. The van der Waals surface area contributed by atoms with Crippen LogP contribution in [0.2, 0.25) is 0 Å². The Morgan fingerprint density at radius 3 is 2.57 bits per heavy atom. The normalized spacial score (nSPS) is 36.1. The van der Waals surface area contributed by atoms with Crippen molar-refractivity contribution in [2.45, 2.75) is 19.4 Å². The fraction of sp³-hybridized carbons (Fsp3) is 0.933. The van der Waals surface area contributed by atoms with E-state index in [4.69, 9.17) is 0 Å². The van der Waals surface area contributed by atoms with Crippen LogP contribution in [0.3, 0.4) is 0 Å². The van der Waals surface area contributed by atoms with Crippen molar-refractivity contribution in [1.29, 1.82) is 0 Å². The lowest BCUT2D eigenvalue weighted by Crippen LogP contribution is -2.63. The summed E-state index contributed by atoms with van der Waals surface area (Å²) in [5.74, 6) is 1.61. The summed E-state index contributed by atoms with van der Waals surface area (Å²) in [5, 5.41) is 6.71. The van der Waals surface area contributed by atoms with Gasteiger partial charge in [0.25, 0.3) is 0 Å². The standard InChI is InChI=1S/C15H29N5O2S/c1-2-16-15(17-9-13-3-8-23(21,22)12-13)18-10-14-11-19-4-6-20(14)7-5-19/h13-14H,2-12H2,1H3,(H2,16,17,18). The highest BCUT2D eigenvalue weighted by atomic mass is 32.2. The number of piperazine rings is 3. The minimum Gasteiger partial charge on any atom is -0.357 e. The highest BCUT2D eigenvalue weighted by Gasteiger charge is 2.31. The summed E-state index contributed by atoms with van der Waals surface area (Å²) in [6.45, 7) is 10.2. The zero-order chi connectivity index (χ0) is 16.3. The van der Waals surface area contributed by atoms with Crippen LogP contribution in [-0.4, -0.2) is 94.1 Å². The van der Waals surface area contributed by atoms with Crippen molar-refractivity contribution in [3.63, 3.8) is 0 Å². The fourth-order valence-electron chi connectivity index (χ4n) is 3.71. The van der Waals surface area contributed by atoms with E-state index < -0.39 is 9.84 Å². The first-order chi connectivity index (χ1) is 11.1. The van der Waals surface area contributed by atoms with E-state index in [2.05, 4.69) is 32.3 Å². The zero-order valence-corrected chi connectivity index (χ0v) is 14.8. The topological polar surface area (TPSA) is 77.0 Å². The van der Waals surface area contributed by atoms with E-state index in [1.54, 1.807) is 0 Å². The molecule has 2 atom stereocenters. The van der Waals surface area contributed by atoms with Crippen molar-refractivity contribution in [2.24, 2.45) is 10.9 Å². The summed E-state index contributed by atoms with van der Waals surface area (Å²) in [4.78, 5) is 9.69. The molecular weight excluding hydrogens is 314 g/mol. The molecule has 0 aliphatic carbocycles. The monoisotopic (exact) mass is 343 g/mol. The van der Waals surface area contributed by atoms with Gasteiger partial charge in [-0.05, 0) is 19.3 Å². The molecule has 0 amide bonds. The quantitative estimate of drug-likeness (QED) is 0.491. The lowest BCUT2D eigenvalue weighted by molar-refractivity contribution is 0.0154. The van der Waals surface area contributed by atoms with Crippen LogP contribution < -0.4 is 10.6 Å². The second-order valence-electron chi connectivity index (χ2n) is 6.86. The van der Waals surface area contributed by atoms with Crippen molar-refractivity contribution >= 4 is 15.8 Å². The molecule has 2 unspecified atom stereocenters. The van der Waals surface area contributed by atoms with E-state index in [0.29, 0.717) is 24.1 Å². The van der Waals surface area contributed by atoms with Crippen LogP contribution in [0.5, 0.6) is 0 Å². The Morgan fingerprint density at radius 2 is 2.00 bits per heavy atom. The van der Waals surface area contributed by atoms with Gasteiger partial charge >= 0.3 is 0 Å². The summed E-state index contributed by atoms with van der Waals surface area (Å²) < 4.78 is 23.1. The van der Waals surface area contributed by atoms with Crippen LogP contribution in [0.15, 0.2) is 4.99 Å². The minimum absolute atomic E-state index is 0.177. The van der Waals surface area contributed by atoms with E-state index in [9.17, 15) is 8.42 Å². The van der Waals surface area contributed by atoms with Gasteiger partial charge in [0.15, 0.2) is 15.8 Å². The zero-order valence-electron chi connectivity index (χ0n) is 14.0. The molecule has 0 aromatic heterocycles. The Balaban J connectivity index is 1.49. The lowest BCUT2D eigenvalue weighted by atomic mass is 10.1. The van der Waals surface area contributed by atoms with E-state index in [-0.39, 0.29) is 5.92 Å². The van der Waals surface area contributed by atoms with Crippen LogP contribution >= 0.6 is 0 Å². The minimum atomic E-state index is -2.81. The highest BCUT2D eigenvalue weighted by Crippen LogP contribution is 2.18. The van der Waals surface area contributed by atoms with Gasteiger partial charge in [0.1, 0.15) is 0 Å². The molecule has 4 rings (SSSR count). The molecule has 4 heterocycles. The van der Waals surface area contributed by atoms with Crippen LogP contribution in [-0.2, 0) is 9.84 Å². The average Bonchev–Trinajstić information content (AvgIpc) is 2.90. The predicted octanol–water partition coefficient (Wildman–Crippen LogP) is -1.02. The van der Waals surface area contributed by atoms with Crippen molar-refractivity contribution in [2.75, 3.05) is 63.9 Å². The number of nitrogens with zero attached hydrogens (tertiary/aromatic N) is 3. The molecule has 0 saturated carbocycles. The molecule has 0 radical (unpaired) electrons. The van der Waals surface area contributed by atoms with Gasteiger partial charge in [-0.1, -0.05) is 0 Å². The molecule has 2 N–H and O–H groups in total. The molecule has 0 aromatic carbocycles. The molecule has 4 fully saturated rings. The van der Waals surface area contributed by atoms with Crippen molar-refractivity contribution in [3.8, 4) is 0 Å². The van der Waals surface area contributed by atoms with Gasteiger partial charge in [0, 0.05) is 58.4 Å². The number of rotatable bonds is 5. The molecule has 0 spiro atoms. The molecule has 4 aliphatic rings.